The molecule has 10 heteroatoms. The minimum Gasteiger partial charge on any atom is -0.460 e. The number of cyclic esters (lactones) is 2. The molecular weight excluding hydrogens is 433 g/mol. The fourth-order valence-corrected chi connectivity index (χ4v) is 5.88. The van der Waals surface area contributed by atoms with Crippen LogP contribution in [0.2, 0.25) is 0 Å². The first kappa shape index (κ1) is 24.5. The summed E-state index contributed by atoms with van der Waals surface area (Å²) < 4.78 is 53.6. The Morgan fingerprint density at radius 2 is 1.72 bits per heavy atom. The zero-order chi connectivity index (χ0) is 24.2. The summed E-state index contributed by atoms with van der Waals surface area (Å²) in [7, 11) is 0. The van der Waals surface area contributed by atoms with Crippen molar-refractivity contribution in [3.63, 3.8) is 0 Å². The van der Waals surface area contributed by atoms with Crippen molar-refractivity contribution in [3.05, 3.63) is 0 Å². The maximum absolute atomic E-state index is 12.9. The van der Waals surface area contributed by atoms with Gasteiger partial charge in [-0.05, 0) is 63.2 Å². The molecule has 180 valence electrons. The first-order valence-corrected chi connectivity index (χ1v) is 10.8. The Kier molecular flexibility index (Phi) is 6.38. The zero-order valence-electron chi connectivity index (χ0n) is 18.7. The summed E-state index contributed by atoms with van der Waals surface area (Å²) >= 11 is 0. The van der Waals surface area contributed by atoms with E-state index in [1.54, 1.807) is 27.7 Å². The number of hydrogen-bond acceptors (Lipinski definition) is 7. The van der Waals surface area contributed by atoms with Crippen molar-refractivity contribution in [1.29, 1.82) is 0 Å². The normalized spacial score (nSPS) is 35.6. The molecule has 3 rings (SSSR count). The third kappa shape index (κ3) is 4.78. The molecule has 32 heavy (non-hydrogen) atoms. The summed E-state index contributed by atoms with van der Waals surface area (Å²) in [5, 5.41) is 0. The van der Waals surface area contributed by atoms with Crippen molar-refractivity contribution in [1.82, 2.24) is 0 Å². The number of fused-ring (bicyclic) bond motifs is 2. The Balaban J connectivity index is 1.85. The molecule has 0 spiro atoms. The summed E-state index contributed by atoms with van der Waals surface area (Å²) in [4.78, 5) is 48.3. The number of ether oxygens (including phenoxy) is 3. The second-order valence-electron chi connectivity index (χ2n) is 10.3. The number of alkyl halides is 3. The Hall–Kier alpha value is -2.13. The van der Waals surface area contributed by atoms with Gasteiger partial charge < -0.3 is 14.2 Å². The van der Waals surface area contributed by atoms with Gasteiger partial charge in [0.2, 0.25) is 0 Å². The van der Waals surface area contributed by atoms with Crippen molar-refractivity contribution in [3.8, 4) is 0 Å². The minimum absolute atomic E-state index is 0.0441. The Bertz CT molecular complexity index is 800. The van der Waals surface area contributed by atoms with Crippen LogP contribution in [0.4, 0.5) is 13.2 Å². The van der Waals surface area contributed by atoms with Crippen molar-refractivity contribution in [2.45, 2.75) is 71.8 Å². The molecule has 0 radical (unpaired) electrons. The lowest BCUT2D eigenvalue weighted by Gasteiger charge is -2.40. The van der Waals surface area contributed by atoms with Crippen molar-refractivity contribution in [2.75, 3.05) is 0 Å². The van der Waals surface area contributed by atoms with E-state index < -0.39 is 65.9 Å². The molecule has 0 N–H and O–H groups in total. The van der Waals surface area contributed by atoms with E-state index in [1.165, 1.54) is 0 Å². The zero-order valence-corrected chi connectivity index (χ0v) is 18.7. The third-order valence-corrected chi connectivity index (χ3v) is 7.10. The quantitative estimate of drug-likeness (QED) is 0.351. The molecule has 3 fully saturated rings. The minimum atomic E-state index is -5.20. The molecule has 1 saturated heterocycles. The maximum Gasteiger partial charge on any atom is 0.490 e. The third-order valence-electron chi connectivity index (χ3n) is 7.10. The predicted octanol–water partition coefficient (Wildman–Crippen LogP) is 3.44. The molecule has 0 aromatic rings. The van der Waals surface area contributed by atoms with Gasteiger partial charge in [-0.3, -0.25) is 14.4 Å². The molecule has 8 unspecified atom stereocenters. The lowest BCUT2D eigenvalue weighted by Crippen LogP contribution is -2.44. The summed E-state index contributed by atoms with van der Waals surface area (Å²) in [5.41, 5.74) is -0.856. The van der Waals surface area contributed by atoms with E-state index in [1.807, 2.05) is 6.92 Å². The average Bonchev–Trinajstić information content (AvgIpc) is 3.25. The highest BCUT2D eigenvalue weighted by atomic mass is 19.4. The lowest BCUT2D eigenvalue weighted by atomic mass is 9.65. The van der Waals surface area contributed by atoms with Crippen LogP contribution in [0.25, 0.3) is 0 Å². The van der Waals surface area contributed by atoms with Crippen molar-refractivity contribution in [2.24, 2.45) is 41.4 Å². The number of carbonyl (C=O) groups excluding carboxylic acids is 4. The molecule has 0 amide bonds. The molecule has 2 bridgehead atoms. The van der Waals surface area contributed by atoms with E-state index in [2.05, 4.69) is 0 Å². The highest BCUT2D eigenvalue weighted by Gasteiger charge is 2.61. The molecule has 7 nitrogen and oxygen atoms in total. The molecule has 0 aromatic heterocycles. The van der Waals surface area contributed by atoms with E-state index in [9.17, 15) is 32.3 Å². The van der Waals surface area contributed by atoms with E-state index in [4.69, 9.17) is 14.2 Å². The Morgan fingerprint density at radius 1 is 1.09 bits per heavy atom. The molecule has 1 aliphatic heterocycles. The van der Waals surface area contributed by atoms with Gasteiger partial charge in [0.05, 0.1) is 18.3 Å². The first-order valence-electron chi connectivity index (χ1n) is 10.8. The van der Waals surface area contributed by atoms with E-state index >= 15 is 0 Å². The summed E-state index contributed by atoms with van der Waals surface area (Å²) in [5.74, 6) is -6.74. The van der Waals surface area contributed by atoms with Crippen molar-refractivity contribution < 1.29 is 46.6 Å². The number of halogens is 3. The number of rotatable bonds is 5. The smallest absolute Gasteiger partial charge is 0.460 e. The number of esters is 4. The molecule has 2 aliphatic carbocycles. The highest BCUT2D eigenvalue weighted by Crippen LogP contribution is 2.60. The van der Waals surface area contributed by atoms with Gasteiger partial charge in [0, 0.05) is 0 Å². The molecule has 2 saturated carbocycles. The number of hydrogen-bond donors (Lipinski definition) is 0. The van der Waals surface area contributed by atoms with Gasteiger partial charge in [0.1, 0.15) is 11.7 Å². The van der Waals surface area contributed by atoms with Crippen LogP contribution in [0.1, 0.15) is 53.9 Å². The van der Waals surface area contributed by atoms with Gasteiger partial charge in [-0.15, -0.1) is 0 Å². The van der Waals surface area contributed by atoms with Gasteiger partial charge in [0.25, 0.3) is 0 Å². The van der Waals surface area contributed by atoms with Gasteiger partial charge in [-0.25, -0.2) is 4.79 Å². The molecule has 3 aliphatic rings. The van der Waals surface area contributed by atoms with Crippen LogP contribution in [0.3, 0.4) is 0 Å². The van der Waals surface area contributed by atoms with Gasteiger partial charge in [-0.2, -0.15) is 13.2 Å². The second-order valence-corrected chi connectivity index (χ2v) is 10.3. The fourth-order valence-electron chi connectivity index (χ4n) is 5.88. The monoisotopic (exact) mass is 462 g/mol. The summed E-state index contributed by atoms with van der Waals surface area (Å²) in [6, 6.07) is 0. The van der Waals surface area contributed by atoms with Crippen LogP contribution in [0.5, 0.6) is 0 Å². The van der Waals surface area contributed by atoms with Crippen LogP contribution in [-0.2, 0) is 33.4 Å². The first-order chi connectivity index (χ1) is 14.6. The summed E-state index contributed by atoms with van der Waals surface area (Å²) in [6.07, 6.45) is -5.97. The lowest BCUT2D eigenvalue weighted by molar-refractivity contribution is -0.210. The second kappa shape index (κ2) is 8.33. The fraction of sp³-hybridized carbons (Fsp3) is 0.818. The molecule has 8 atom stereocenters. The highest BCUT2D eigenvalue weighted by molar-refractivity contribution is 5.96. The van der Waals surface area contributed by atoms with Crippen LogP contribution in [0, 0.1) is 41.4 Å². The predicted molar refractivity (Wildman–Crippen MR) is 103 cm³/mol. The van der Waals surface area contributed by atoms with E-state index in [-0.39, 0.29) is 23.7 Å². The van der Waals surface area contributed by atoms with E-state index in [0.717, 1.165) is 0 Å². The summed E-state index contributed by atoms with van der Waals surface area (Å²) in [6.45, 7) is 8.44. The van der Waals surface area contributed by atoms with Crippen LogP contribution < -0.4 is 0 Å². The molecule has 1 heterocycles. The molecule has 0 aromatic carbocycles. The Labute approximate surface area is 184 Å². The average molecular weight is 462 g/mol. The van der Waals surface area contributed by atoms with Crippen molar-refractivity contribution >= 4 is 23.9 Å². The largest absolute Gasteiger partial charge is 0.490 e. The van der Waals surface area contributed by atoms with Crippen LogP contribution in [-0.4, -0.2) is 41.8 Å². The Morgan fingerprint density at radius 3 is 2.19 bits per heavy atom. The van der Waals surface area contributed by atoms with Gasteiger partial charge in [-0.1, -0.05) is 13.8 Å². The van der Waals surface area contributed by atoms with E-state index in [0.29, 0.717) is 12.8 Å². The topological polar surface area (TPSA) is 96.0 Å². The van der Waals surface area contributed by atoms with Gasteiger partial charge >= 0.3 is 30.1 Å². The van der Waals surface area contributed by atoms with Gasteiger partial charge in [0.15, 0.2) is 0 Å². The van der Waals surface area contributed by atoms with Crippen LogP contribution >= 0.6 is 0 Å². The SMILES string of the molecule is CC1C(=O)OC(=O)C1C1C(C)C2CC(C(CC(=O)OC(C)(C)C)OC(=O)C(F)(F)F)C1C2. The standard InChI is InChI=1S/C22H29F3O7/c1-9-11-6-12(13(7-11)16(9)17-10(2)18(27)31-19(17)28)14(30-20(29)22(23,24)25)8-15(26)32-21(3,4)5/h9-14,16-17H,6-8H2,1-5H3. The molecular formula is C22H29F3O7. The maximum atomic E-state index is 12.9. The number of carbonyl (C=O) groups is 4. The van der Waals surface area contributed by atoms with Crippen LogP contribution in [0.15, 0.2) is 0 Å².